The van der Waals surface area contributed by atoms with Gasteiger partial charge in [0.15, 0.2) is 0 Å². The third kappa shape index (κ3) is 2.67. The Balaban J connectivity index is 2.14. The highest BCUT2D eigenvalue weighted by Gasteiger charge is 2.03. The topological polar surface area (TPSA) is 67.6 Å². The summed E-state index contributed by atoms with van der Waals surface area (Å²) in [6, 6.07) is 6.05. The second-order valence-electron chi connectivity index (χ2n) is 3.96. The molecule has 0 aliphatic heterocycles. The average Bonchev–Trinajstić information content (AvgIpc) is 2.80. The van der Waals surface area contributed by atoms with Gasteiger partial charge < -0.3 is 10.7 Å². The molecule has 0 bridgehead atoms. The maximum absolute atomic E-state index is 5.71. The molecule has 1 atom stereocenters. The second kappa shape index (κ2) is 4.90. The van der Waals surface area contributed by atoms with Crippen molar-refractivity contribution in [1.29, 1.82) is 0 Å². The molecule has 0 fully saturated rings. The average molecular weight is 216 g/mol. The largest absolute Gasteiger partial charge is 0.360 e. The van der Waals surface area contributed by atoms with E-state index in [0.717, 1.165) is 30.1 Å². The van der Waals surface area contributed by atoms with Crippen molar-refractivity contribution in [3.05, 3.63) is 36.4 Å². The standard InChI is InChI=1S/C12H16N4/c1-9(13)4-5-12-15-8-6-11(16-12)10-3-2-7-14-10/h2-3,6-9,14H,4-5,13H2,1H3. The van der Waals surface area contributed by atoms with E-state index in [-0.39, 0.29) is 6.04 Å². The van der Waals surface area contributed by atoms with Gasteiger partial charge in [0, 0.05) is 24.9 Å². The molecule has 0 saturated carbocycles. The lowest BCUT2D eigenvalue weighted by Crippen LogP contribution is -2.16. The molecule has 0 saturated heterocycles. The molecule has 84 valence electrons. The summed E-state index contributed by atoms with van der Waals surface area (Å²) < 4.78 is 0. The van der Waals surface area contributed by atoms with Crippen molar-refractivity contribution < 1.29 is 0 Å². The number of nitrogens with two attached hydrogens (primary N) is 1. The fraction of sp³-hybridized carbons (Fsp3) is 0.333. The van der Waals surface area contributed by atoms with Crippen molar-refractivity contribution in [3.8, 4) is 11.4 Å². The summed E-state index contributed by atoms with van der Waals surface area (Å²) in [4.78, 5) is 11.9. The van der Waals surface area contributed by atoms with Crippen LogP contribution in [0.5, 0.6) is 0 Å². The molecule has 0 aliphatic carbocycles. The number of nitrogens with one attached hydrogen (secondary N) is 1. The summed E-state index contributed by atoms with van der Waals surface area (Å²) >= 11 is 0. The molecule has 0 amide bonds. The Morgan fingerprint density at radius 2 is 2.31 bits per heavy atom. The smallest absolute Gasteiger partial charge is 0.129 e. The van der Waals surface area contributed by atoms with Crippen LogP contribution < -0.4 is 5.73 Å². The second-order valence-corrected chi connectivity index (χ2v) is 3.96. The van der Waals surface area contributed by atoms with E-state index in [1.54, 1.807) is 6.20 Å². The Morgan fingerprint density at radius 3 is 3.00 bits per heavy atom. The lowest BCUT2D eigenvalue weighted by Gasteiger charge is -2.04. The zero-order chi connectivity index (χ0) is 11.4. The van der Waals surface area contributed by atoms with Gasteiger partial charge in [-0.25, -0.2) is 9.97 Å². The molecule has 0 spiro atoms. The zero-order valence-electron chi connectivity index (χ0n) is 9.35. The first kappa shape index (κ1) is 10.8. The maximum atomic E-state index is 5.71. The van der Waals surface area contributed by atoms with Gasteiger partial charge in [0.25, 0.3) is 0 Å². The van der Waals surface area contributed by atoms with Gasteiger partial charge in [-0.2, -0.15) is 0 Å². The number of H-pyrrole nitrogens is 1. The lowest BCUT2D eigenvalue weighted by molar-refractivity contribution is 0.648. The van der Waals surface area contributed by atoms with Crippen molar-refractivity contribution in [2.24, 2.45) is 5.73 Å². The number of aryl methyl sites for hydroxylation is 1. The Labute approximate surface area is 94.9 Å². The molecular formula is C12H16N4. The van der Waals surface area contributed by atoms with Gasteiger partial charge in [-0.1, -0.05) is 0 Å². The number of rotatable bonds is 4. The summed E-state index contributed by atoms with van der Waals surface area (Å²) in [6.45, 7) is 1.99. The summed E-state index contributed by atoms with van der Waals surface area (Å²) in [5.74, 6) is 0.851. The van der Waals surface area contributed by atoms with Crippen LogP contribution in [-0.2, 0) is 6.42 Å². The Morgan fingerprint density at radius 1 is 1.44 bits per heavy atom. The molecule has 0 aliphatic rings. The molecule has 2 heterocycles. The highest BCUT2D eigenvalue weighted by molar-refractivity contribution is 5.53. The van der Waals surface area contributed by atoms with Crippen molar-refractivity contribution in [2.75, 3.05) is 0 Å². The predicted molar refractivity (Wildman–Crippen MR) is 63.8 cm³/mol. The minimum atomic E-state index is 0.192. The van der Waals surface area contributed by atoms with Gasteiger partial charge in [-0.3, -0.25) is 0 Å². The normalized spacial score (nSPS) is 12.6. The van der Waals surface area contributed by atoms with Crippen LogP contribution in [0.1, 0.15) is 19.2 Å². The molecule has 2 rings (SSSR count). The van der Waals surface area contributed by atoms with E-state index in [4.69, 9.17) is 5.73 Å². The number of hydrogen-bond donors (Lipinski definition) is 2. The molecule has 3 N–H and O–H groups in total. The van der Waals surface area contributed by atoms with Gasteiger partial charge in [0.1, 0.15) is 5.82 Å². The SMILES string of the molecule is CC(N)CCc1nccc(-c2ccc[nH]2)n1. The predicted octanol–water partition coefficient (Wildman–Crippen LogP) is 1.75. The van der Waals surface area contributed by atoms with E-state index in [1.807, 2.05) is 31.3 Å². The van der Waals surface area contributed by atoms with Crippen LogP contribution >= 0.6 is 0 Å². The van der Waals surface area contributed by atoms with E-state index in [2.05, 4.69) is 15.0 Å². The van der Waals surface area contributed by atoms with Gasteiger partial charge in [-0.05, 0) is 31.5 Å². The first-order valence-corrected chi connectivity index (χ1v) is 5.47. The van der Waals surface area contributed by atoms with Crippen LogP contribution in [0.3, 0.4) is 0 Å². The van der Waals surface area contributed by atoms with Crippen molar-refractivity contribution >= 4 is 0 Å². The summed E-state index contributed by atoms with van der Waals surface area (Å²) in [5.41, 5.74) is 7.66. The number of hydrogen-bond acceptors (Lipinski definition) is 3. The third-order valence-electron chi connectivity index (χ3n) is 2.40. The van der Waals surface area contributed by atoms with Gasteiger partial charge in [-0.15, -0.1) is 0 Å². The van der Waals surface area contributed by atoms with Gasteiger partial charge in [0.2, 0.25) is 0 Å². The van der Waals surface area contributed by atoms with Crippen molar-refractivity contribution in [2.45, 2.75) is 25.8 Å². The van der Waals surface area contributed by atoms with Gasteiger partial charge in [0.05, 0.1) is 11.4 Å². The molecule has 2 aromatic heterocycles. The Hall–Kier alpha value is -1.68. The van der Waals surface area contributed by atoms with E-state index in [9.17, 15) is 0 Å². The minimum absolute atomic E-state index is 0.192. The number of aromatic amines is 1. The van der Waals surface area contributed by atoms with E-state index in [1.165, 1.54) is 0 Å². The molecular weight excluding hydrogens is 200 g/mol. The molecule has 0 radical (unpaired) electrons. The third-order valence-corrected chi connectivity index (χ3v) is 2.40. The lowest BCUT2D eigenvalue weighted by atomic mass is 10.2. The first-order chi connectivity index (χ1) is 7.75. The summed E-state index contributed by atoms with van der Waals surface area (Å²) in [6.07, 6.45) is 5.42. The molecule has 4 heteroatoms. The zero-order valence-corrected chi connectivity index (χ0v) is 9.35. The summed E-state index contributed by atoms with van der Waals surface area (Å²) in [5, 5.41) is 0. The quantitative estimate of drug-likeness (QED) is 0.818. The van der Waals surface area contributed by atoms with Crippen LogP contribution in [-0.4, -0.2) is 21.0 Å². The van der Waals surface area contributed by atoms with Crippen LogP contribution in [0.2, 0.25) is 0 Å². The highest BCUT2D eigenvalue weighted by Crippen LogP contribution is 2.13. The fourth-order valence-corrected chi connectivity index (χ4v) is 1.52. The molecule has 2 aromatic rings. The van der Waals surface area contributed by atoms with Gasteiger partial charge >= 0.3 is 0 Å². The van der Waals surface area contributed by atoms with Crippen molar-refractivity contribution in [3.63, 3.8) is 0 Å². The maximum Gasteiger partial charge on any atom is 0.129 e. The van der Waals surface area contributed by atoms with E-state index >= 15 is 0 Å². The van der Waals surface area contributed by atoms with Crippen LogP contribution in [0.25, 0.3) is 11.4 Å². The highest BCUT2D eigenvalue weighted by atomic mass is 14.9. The number of nitrogens with zero attached hydrogens (tertiary/aromatic N) is 2. The molecule has 4 nitrogen and oxygen atoms in total. The van der Waals surface area contributed by atoms with Crippen molar-refractivity contribution in [1.82, 2.24) is 15.0 Å². The van der Waals surface area contributed by atoms with Crippen LogP contribution in [0.4, 0.5) is 0 Å². The monoisotopic (exact) mass is 216 g/mol. The minimum Gasteiger partial charge on any atom is -0.360 e. The molecule has 16 heavy (non-hydrogen) atoms. The number of aromatic nitrogens is 3. The van der Waals surface area contributed by atoms with Crippen LogP contribution in [0, 0.1) is 0 Å². The van der Waals surface area contributed by atoms with E-state index in [0.29, 0.717) is 0 Å². The molecule has 1 unspecified atom stereocenters. The first-order valence-electron chi connectivity index (χ1n) is 5.47. The Bertz CT molecular complexity index is 434. The Kier molecular flexibility index (Phi) is 3.31. The molecule has 0 aromatic carbocycles. The fourth-order valence-electron chi connectivity index (χ4n) is 1.52. The summed E-state index contributed by atoms with van der Waals surface area (Å²) in [7, 11) is 0. The van der Waals surface area contributed by atoms with Crippen LogP contribution in [0.15, 0.2) is 30.6 Å². The van der Waals surface area contributed by atoms with E-state index < -0.39 is 0 Å².